The number of methoxy groups -OCH3 is 2. The van der Waals surface area contributed by atoms with Gasteiger partial charge in [-0.05, 0) is 48.6 Å². The molecule has 1 aliphatic rings. The van der Waals surface area contributed by atoms with Crippen LogP contribution >= 0.6 is 23.4 Å². The summed E-state index contributed by atoms with van der Waals surface area (Å²) in [6.07, 6.45) is -2.62. The molecule has 4 rings (SSSR count). The van der Waals surface area contributed by atoms with Crippen LogP contribution in [0.3, 0.4) is 0 Å². The summed E-state index contributed by atoms with van der Waals surface area (Å²) in [4.78, 5) is 29.9. The highest BCUT2D eigenvalue weighted by Gasteiger charge is 2.41. The van der Waals surface area contributed by atoms with Crippen molar-refractivity contribution in [1.29, 1.82) is 0 Å². The number of hydrogen-bond donors (Lipinski definition) is 2. The van der Waals surface area contributed by atoms with Crippen LogP contribution in [0.25, 0.3) is 0 Å². The molecule has 0 aliphatic carbocycles. The number of rotatable bonds is 14. The number of anilines is 1. The normalized spacial score (nSPS) is 16.8. The van der Waals surface area contributed by atoms with E-state index < -0.39 is 45.9 Å². The zero-order chi connectivity index (χ0) is 33.5. The van der Waals surface area contributed by atoms with E-state index in [2.05, 4.69) is 4.72 Å². The second kappa shape index (κ2) is 15.5. The summed E-state index contributed by atoms with van der Waals surface area (Å²) >= 11 is 7.97. The van der Waals surface area contributed by atoms with E-state index in [4.69, 9.17) is 25.8 Å². The number of ether oxygens (including phenoxy) is 3. The van der Waals surface area contributed by atoms with E-state index in [0.717, 1.165) is 4.90 Å². The van der Waals surface area contributed by atoms with Crippen molar-refractivity contribution >= 4 is 50.9 Å². The van der Waals surface area contributed by atoms with Crippen LogP contribution in [0, 0.1) is 5.41 Å². The third kappa shape index (κ3) is 8.95. The molecule has 0 bridgehead atoms. The average molecular weight is 691 g/mol. The number of sulfonamides is 1. The lowest BCUT2D eigenvalue weighted by Crippen LogP contribution is -2.47. The molecule has 1 aliphatic heterocycles. The van der Waals surface area contributed by atoms with Gasteiger partial charge in [0.25, 0.3) is 5.91 Å². The van der Waals surface area contributed by atoms with Gasteiger partial charge in [0.1, 0.15) is 12.2 Å². The molecule has 10 nitrogen and oxygen atoms in total. The number of benzene rings is 3. The average Bonchev–Trinajstić information content (AvgIpc) is 3.13. The van der Waals surface area contributed by atoms with Crippen molar-refractivity contribution in [3.63, 3.8) is 0 Å². The lowest BCUT2D eigenvalue weighted by Gasteiger charge is -2.32. The number of fused-ring (bicyclic) bond motifs is 1. The molecule has 2 N–H and O–H groups in total. The third-order valence-electron chi connectivity index (χ3n) is 7.34. The van der Waals surface area contributed by atoms with E-state index in [-0.39, 0.29) is 18.9 Å². The number of aliphatic hydroxyl groups excluding tert-OH is 1. The predicted octanol–water partition coefficient (Wildman–Crippen LogP) is 5.22. The summed E-state index contributed by atoms with van der Waals surface area (Å²) in [6, 6.07) is 19.8. The minimum absolute atomic E-state index is 0.0811. The molecule has 0 fully saturated rings. The number of amides is 2. The highest BCUT2D eigenvalue weighted by atomic mass is 35.5. The number of nitrogens with zero attached hydrogens (tertiary/aromatic N) is 1. The van der Waals surface area contributed by atoms with Gasteiger partial charge in [0.15, 0.2) is 11.5 Å². The van der Waals surface area contributed by atoms with E-state index in [0.29, 0.717) is 45.5 Å². The van der Waals surface area contributed by atoms with Crippen LogP contribution in [0.4, 0.5) is 5.69 Å². The summed E-state index contributed by atoms with van der Waals surface area (Å²) in [7, 11) is -1.01. The van der Waals surface area contributed by atoms with Gasteiger partial charge < -0.3 is 24.2 Å². The van der Waals surface area contributed by atoms with Crippen LogP contribution in [0.15, 0.2) is 71.6 Å². The molecule has 0 aromatic heterocycles. The maximum Gasteiger partial charge on any atom is 0.256 e. The Morgan fingerprint density at radius 1 is 1.07 bits per heavy atom. The molecule has 248 valence electrons. The lowest BCUT2D eigenvalue weighted by atomic mass is 9.92. The third-order valence-corrected chi connectivity index (χ3v) is 10.0. The van der Waals surface area contributed by atoms with Gasteiger partial charge in [-0.2, -0.15) is 0 Å². The molecule has 0 unspecified atom stereocenters. The fourth-order valence-electron chi connectivity index (χ4n) is 5.10. The van der Waals surface area contributed by atoms with Crippen molar-refractivity contribution < 1.29 is 37.3 Å². The Morgan fingerprint density at radius 3 is 2.48 bits per heavy atom. The summed E-state index contributed by atoms with van der Waals surface area (Å²) in [6.45, 7) is 3.46. The number of nitrogens with one attached hydrogen (secondary N) is 1. The van der Waals surface area contributed by atoms with E-state index in [9.17, 15) is 23.1 Å². The highest BCUT2D eigenvalue weighted by Crippen LogP contribution is 2.45. The summed E-state index contributed by atoms with van der Waals surface area (Å²) in [5.41, 5.74) is 0.772. The van der Waals surface area contributed by atoms with Crippen LogP contribution in [0.1, 0.15) is 43.9 Å². The van der Waals surface area contributed by atoms with Crippen LogP contribution in [-0.4, -0.2) is 70.3 Å². The van der Waals surface area contributed by atoms with Crippen molar-refractivity contribution in [2.45, 2.75) is 43.8 Å². The number of carbonyl (C=O) groups is 2. The molecule has 3 aromatic rings. The number of thioether (sulfide) groups is 1. The SMILES string of the molecule is COc1cccc([C@H]2O[C@H](CC(=O)NS(=O)(=O)CCCSc3ccccc3)C(=O)N(CC(C)(C)CO)c3ccc(Cl)cc32)c1OC. The Kier molecular flexibility index (Phi) is 12.0. The van der Waals surface area contributed by atoms with Crippen LogP contribution in [0.2, 0.25) is 5.02 Å². The first-order chi connectivity index (χ1) is 21.9. The first-order valence-electron chi connectivity index (χ1n) is 14.7. The standard InChI is InChI=1S/C33H39ClN2O8S2/c1-33(2,21-37)20-36-26-15-14-22(34)18-25(26)30(24-12-8-13-27(42-3)31(24)43-4)44-28(32(36)39)19-29(38)35-46(40,41)17-9-16-45-23-10-6-5-7-11-23/h5-8,10-15,18,28,30,37H,9,16-17,19-21H2,1-4H3,(H,35,38)/t28-,30-/m1/s1. The van der Waals surface area contributed by atoms with Crippen molar-refractivity contribution in [3.05, 3.63) is 82.9 Å². The number of hydrogen-bond acceptors (Lipinski definition) is 9. The maximum atomic E-state index is 14.2. The number of para-hydroxylation sites is 1. The van der Waals surface area contributed by atoms with E-state index in [1.54, 1.807) is 50.2 Å². The van der Waals surface area contributed by atoms with Crippen LogP contribution < -0.4 is 19.1 Å². The fraction of sp³-hybridized carbons (Fsp3) is 0.394. The van der Waals surface area contributed by atoms with Gasteiger partial charge in [-0.25, -0.2) is 8.42 Å². The Labute approximate surface area is 279 Å². The second-order valence-electron chi connectivity index (χ2n) is 11.6. The van der Waals surface area contributed by atoms with Gasteiger partial charge in [-0.3, -0.25) is 14.3 Å². The highest BCUT2D eigenvalue weighted by molar-refractivity contribution is 7.99. The first kappa shape index (κ1) is 35.6. The van der Waals surface area contributed by atoms with Gasteiger partial charge in [-0.15, -0.1) is 11.8 Å². The molecule has 46 heavy (non-hydrogen) atoms. The van der Waals surface area contributed by atoms with Crippen LogP contribution in [-0.2, 0) is 24.3 Å². The predicted molar refractivity (Wildman–Crippen MR) is 179 cm³/mol. The van der Waals surface area contributed by atoms with Gasteiger partial charge >= 0.3 is 0 Å². The van der Waals surface area contributed by atoms with Crippen molar-refractivity contribution in [2.24, 2.45) is 5.41 Å². The second-order valence-corrected chi connectivity index (χ2v) is 15.0. The first-order valence-corrected chi connectivity index (χ1v) is 17.7. The molecular weight excluding hydrogens is 652 g/mol. The van der Waals surface area contributed by atoms with Crippen molar-refractivity contribution in [1.82, 2.24) is 4.72 Å². The molecule has 2 atom stereocenters. The summed E-state index contributed by atoms with van der Waals surface area (Å²) < 4.78 is 45.4. The Morgan fingerprint density at radius 2 is 1.80 bits per heavy atom. The minimum atomic E-state index is -3.98. The van der Waals surface area contributed by atoms with Gasteiger partial charge in [0.05, 0.1) is 26.4 Å². The number of aliphatic hydroxyl groups is 1. The van der Waals surface area contributed by atoms with Crippen molar-refractivity contribution in [2.75, 3.05) is 43.8 Å². The number of carbonyl (C=O) groups excluding carboxylic acids is 2. The topological polar surface area (TPSA) is 131 Å². The number of halogens is 1. The maximum absolute atomic E-state index is 14.2. The zero-order valence-corrected chi connectivity index (χ0v) is 28.6. The molecule has 0 spiro atoms. The van der Waals surface area contributed by atoms with Gasteiger partial charge in [0, 0.05) is 45.3 Å². The van der Waals surface area contributed by atoms with Crippen LogP contribution in [0.5, 0.6) is 11.5 Å². The molecule has 0 saturated carbocycles. The molecule has 0 saturated heterocycles. The van der Waals surface area contributed by atoms with E-state index >= 15 is 0 Å². The monoisotopic (exact) mass is 690 g/mol. The Bertz CT molecular complexity index is 1640. The smallest absolute Gasteiger partial charge is 0.256 e. The Balaban J connectivity index is 1.64. The lowest BCUT2D eigenvalue weighted by molar-refractivity contribution is -0.137. The zero-order valence-electron chi connectivity index (χ0n) is 26.2. The van der Waals surface area contributed by atoms with E-state index in [1.807, 2.05) is 30.3 Å². The largest absolute Gasteiger partial charge is 0.493 e. The van der Waals surface area contributed by atoms with E-state index in [1.165, 1.54) is 30.9 Å². The molecule has 1 heterocycles. The summed E-state index contributed by atoms with van der Waals surface area (Å²) in [5.74, 6) is -0.382. The molecule has 13 heteroatoms. The summed E-state index contributed by atoms with van der Waals surface area (Å²) in [5, 5.41) is 10.5. The molecule has 0 radical (unpaired) electrons. The fourth-order valence-corrected chi connectivity index (χ4v) is 7.39. The molecular formula is C33H39ClN2O8S2. The molecule has 2 amide bonds. The minimum Gasteiger partial charge on any atom is -0.493 e. The van der Waals surface area contributed by atoms with Gasteiger partial charge in [0.2, 0.25) is 15.9 Å². The quantitative estimate of drug-likeness (QED) is 0.173. The van der Waals surface area contributed by atoms with Gasteiger partial charge in [-0.1, -0.05) is 55.8 Å². The Hall–Kier alpha value is -3.29. The molecule has 3 aromatic carbocycles. The van der Waals surface area contributed by atoms with Crippen molar-refractivity contribution in [3.8, 4) is 11.5 Å².